The molecule has 1 fully saturated rings. The van der Waals surface area contributed by atoms with E-state index in [1.807, 2.05) is 30.5 Å². The molecule has 2 heterocycles. The molecule has 0 amide bonds. The van der Waals surface area contributed by atoms with E-state index in [9.17, 15) is 0 Å². The Morgan fingerprint density at radius 3 is 2.73 bits per heavy atom. The van der Waals surface area contributed by atoms with Crippen molar-refractivity contribution in [2.24, 2.45) is 0 Å². The number of nitrogens with zero attached hydrogens (tertiary/aromatic N) is 3. The predicted molar refractivity (Wildman–Crippen MR) is 102 cm³/mol. The SMILES string of the molecule is c1ccc(COc2ccc3ccc(-c4cnn(C5CC5)c4)cc3c2)nc1. The van der Waals surface area contributed by atoms with Crippen molar-refractivity contribution >= 4 is 10.8 Å². The van der Waals surface area contributed by atoms with Gasteiger partial charge in [0.1, 0.15) is 12.4 Å². The largest absolute Gasteiger partial charge is 0.487 e. The van der Waals surface area contributed by atoms with Crippen LogP contribution in [0.5, 0.6) is 5.75 Å². The number of hydrogen-bond donors (Lipinski definition) is 0. The van der Waals surface area contributed by atoms with Gasteiger partial charge in [0.15, 0.2) is 0 Å². The number of benzene rings is 2. The second-order valence-electron chi connectivity index (χ2n) is 6.77. The Morgan fingerprint density at radius 1 is 0.962 bits per heavy atom. The van der Waals surface area contributed by atoms with Gasteiger partial charge in [-0.25, -0.2) is 0 Å². The Morgan fingerprint density at radius 2 is 1.88 bits per heavy atom. The van der Waals surface area contributed by atoms with E-state index in [1.165, 1.54) is 34.7 Å². The lowest BCUT2D eigenvalue weighted by Gasteiger charge is -2.08. The summed E-state index contributed by atoms with van der Waals surface area (Å²) in [6, 6.07) is 19.2. The van der Waals surface area contributed by atoms with Crippen LogP contribution in [0.25, 0.3) is 21.9 Å². The molecular weight excluding hydrogens is 322 g/mol. The quantitative estimate of drug-likeness (QED) is 0.512. The van der Waals surface area contributed by atoms with Gasteiger partial charge in [0.2, 0.25) is 0 Å². The summed E-state index contributed by atoms with van der Waals surface area (Å²) in [5.41, 5.74) is 3.28. The average molecular weight is 341 g/mol. The summed E-state index contributed by atoms with van der Waals surface area (Å²) in [7, 11) is 0. The van der Waals surface area contributed by atoms with Gasteiger partial charge in [-0.3, -0.25) is 9.67 Å². The van der Waals surface area contributed by atoms with Crippen molar-refractivity contribution < 1.29 is 4.74 Å². The maximum atomic E-state index is 5.91. The second-order valence-corrected chi connectivity index (χ2v) is 6.77. The Bertz CT molecular complexity index is 1050. The third-order valence-electron chi connectivity index (χ3n) is 4.78. The first-order chi connectivity index (χ1) is 12.8. The topological polar surface area (TPSA) is 39.9 Å². The zero-order valence-electron chi connectivity index (χ0n) is 14.4. The van der Waals surface area contributed by atoms with Gasteiger partial charge >= 0.3 is 0 Å². The second kappa shape index (κ2) is 6.30. The summed E-state index contributed by atoms with van der Waals surface area (Å²) in [4.78, 5) is 4.30. The molecule has 4 heteroatoms. The van der Waals surface area contributed by atoms with Gasteiger partial charge in [-0.15, -0.1) is 0 Å². The lowest BCUT2D eigenvalue weighted by atomic mass is 10.0. The summed E-state index contributed by atoms with van der Waals surface area (Å²) in [6.45, 7) is 0.472. The molecule has 26 heavy (non-hydrogen) atoms. The van der Waals surface area contributed by atoms with Crippen LogP contribution in [0.2, 0.25) is 0 Å². The number of ether oxygens (including phenoxy) is 1. The van der Waals surface area contributed by atoms with Crippen molar-refractivity contribution in [3.05, 3.63) is 78.9 Å². The summed E-state index contributed by atoms with van der Waals surface area (Å²) in [5.74, 6) is 0.856. The molecule has 0 bridgehead atoms. The highest BCUT2D eigenvalue weighted by Gasteiger charge is 2.24. The zero-order chi connectivity index (χ0) is 17.3. The highest BCUT2D eigenvalue weighted by Crippen LogP contribution is 2.35. The molecule has 1 aliphatic rings. The van der Waals surface area contributed by atoms with Gasteiger partial charge in [-0.05, 0) is 59.5 Å². The lowest BCUT2D eigenvalue weighted by molar-refractivity contribution is 0.302. The van der Waals surface area contributed by atoms with Crippen molar-refractivity contribution in [3.63, 3.8) is 0 Å². The molecule has 0 saturated heterocycles. The van der Waals surface area contributed by atoms with Crippen LogP contribution in [0.1, 0.15) is 24.6 Å². The summed E-state index contributed by atoms with van der Waals surface area (Å²) in [5, 5.41) is 6.87. The average Bonchev–Trinajstić information content (AvgIpc) is 3.43. The van der Waals surface area contributed by atoms with Gasteiger partial charge in [0, 0.05) is 18.0 Å². The fraction of sp³-hybridized carbons (Fsp3) is 0.182. The molecule has 0 atom stereocenters. The molecule has 0 unspecified atom stereocenters. The maximum absolute atomic E-state index is 5.91. The maximum Gasteiger partial charge on any atom is 0.130 e. The smallest absolute Gasteiger partial charge is 0.130 e. The van der Waals surface area contributed by atoms with Crippen molar-refractivity contribution in [1.29, 1.82) is 0 Å². The monoisotopic (exact) mass is 341 g/mol. The molecule has 0 aliphatic heterocycles. The molecule has 2 aromatic heterocycles. The van der Waals surface area contributed by atoms with Crippen molar-refractivity contribution in [1.82, 2.24) is 14.8 Å². The fourth-order valence-electron chi connectivity index (χ4n) is 3.16. The summed E-state index contributed by atoms with van der Waals surface area (Å²) >= 11 is 0. The van der Waals surface area contributed by atoms with E-state index in [0.29, 0.717) is 12.6 Å². The number of rotatable bonds is 5. The van der Waals surface area contributed by atoms with Crippen LogP contribution >= 0.6 is 0 Å². The molecule has 1 saturated carbocycles. The predicted octanol–water partition coefficient (Wildman–Crippen LogP) is 5.01. The summed E-state index contributed by atoms with van der Waals surface area (Å²) in [6.07, 6.45) is 8.39. The van der Waals surface area contributed by atoms with Gasteiger partial charge in [0.25, 0.3) is 0 Å². The first-order valence-electron chi connectivity index (χ1n) is 8.96. The first kappa shape index (κ1) is 15.1. The van der Waals surface area contributed by atoms with Gasteiger partial charge in [-0.1, -0.05) is 24.3 Å². The third kappa shape index (κ3) is 3.06. The van der Waals surface area contributed by atoms with Crippen LogP contribution in [0.3, 0.4) is 0 Å². The van der Waals surface area contributed by atoms with Gasteiger partial charge in [-0.2, -0.15) is 5.10 Å². The van der Waals surface area contributed by atoms with E-state index in [4.69, 9.17) is 4.74 Å². The van der Waals surface area contributed by atoms with Crippen molar-refractivity contribution in [3.8, 4) is 16.9 Å². The molecule has 1 aliphatic carbocycles. The molecule has 5 rings (SSSR count). The van der Waals surface area contributed by atoms with Crippen molar-refractivity contribution in [2.45, 2.75) is 25.5 Å². The zero-order valence-corrected chi connectivity index (χ0v) is 14.4. The minimum absolute atomic E-state index is 0.472. The molecule has 0 spiro atoms. The third-order valence-corrected chi connectivity index (χ3v) is 4.78. The fourth-order valence-corrected chi connectivity index (χ4v) is 3.16. The molecule has 0 radical (unpaired) electrons. The van der Waals surface area contributed by atoms with Crippen molar-refractivity contribution in [2.75, 3.05) is 0 Å². The number of fused-ring (bicyclic) bond motifs is 1. The summed E-state index contributed by atoms with van der Waals surface area (Å²) < 4.78 is 8.00. The van der Waals surface area contributed by atoms with E-state index in [2.05, 4.69) is 51.3 Å². The minimum Gasteiger partial charge on any atom is -0.487 e. The standard InChI is InChI=1S/C22H19N3O/c1-2-10-23-20(3-1)15-26-22-9-6-16-4-5-17(11-18(16)12-22)19-13-24-25(14-19)21-7-8-21/h1-6,9-14,21H,7-8,15H2. The number of aromatic nitrogens is 3. The van der Waals surface area contributed by atoms with Crippen LogP contribution < -0.4 is 4.74 Å². The van der Waals surface area contributed by atoms with Crippen LogP contribution in [0, 0.1) is 0 Å². The Hall–Kier alpha value is -3.14. The van der Waals surface area contributed by atoms with Gasteiger partial charge < -0.3 is 4.74 Å². The van der Waals surface area contributed by atoms with Crippen LogP contribution in [0.15, 0.2) is 73.2 Å². The van der Waals surface area contributed by atoms with Gasteiger partial charge in [0.05, 0.1) is 17.9 Å². The lowest BCUT2D eigenvalue weighted by Crippen LogP contribution is -1.97. The van der Waals surface area contributed by atoms with E-state index < -0.39 is 0 Å². The molecule has 4 nitrogen and oxygen atoms in total. The van der Waals surface area contributed by atoms with Crippen LogP contribution in [-0.4, -0.2) is 14.8 Å². The highest BCUT2D eigenvalue weighted by molar-refractivity contribution is 5.88. The van der Waals surface area contributed by atoms with Crippen LogP contribution in [0.4, 0.5) is 0 Å². The Labute approximate surface area is 152 Å². The molecule has 0 N–H and O–H groups in total. The van der Waals surface area contributed by atoms with E-state index in [0.717, 1.165) is 11.4 Å². The van der Waals surface area contributed by atoms with E-state index >= 15 is 0 Å². The first-order valence-corrected chi connectivity index (χ1v) is 8.96. The highest BCUT2D eigenvalue weighted by atomic mass is 16.5. The minimum atomic E-state index is 0.472. The molecule has 128 valence electrons. The number of pyridine rings is 1. The van der Waals surface area contributed by atoms with E-state index in [1.54, 1.807) is 6.20 Å². The molecular formula is C22H19N3O. The molecule has 2 aromatic carbocycles. The Kier molecular flexibility index (Phi) is 3.67. The van der Waals surface area contributed by atoms with E-state index in [-0.39, 0.29) is 0 Å². The molecule has 4 aromatic rings. The Balaban J connectivity index is 1.41. The normalized spacial score (nSPS) is 13.8. The number of hydrogen-bond acceptors (Lipinski definition) is 3. The van der Waals surface area contributed by atoms with Crippen LogP contribution in [-0.2, 0) is 6.61 Å².